The van der Waals surface area contributed by atoms with Crippen LogP contribution in [0.2, 0.25) is 0 Å². The maximum absolute atomic E-state index is 12.0. The van der Waals surface area contributed by atoms with Gasteiger partial charge >= 0.3 is 11.9 Å². The van der Waals surface area contributed by atoms with Gasteiger partial charge < -0.3 is 30.3 Å². The van der Waals surface area contributed by atoms with Gasteiger partial charge in [0, 0.05) is 25.2 Å². The highest BCUT2D eigenvalue weighted by molar-refractivity contribution is 6.28. The van der Waals surface area contributed by atoms with Crippen molar-refractivity contribution in [1.82, 2.24) is 10.6 Å². The molecule has 0 saturated heterocycles. The molecule has 0 radical (unpaired) electrons. The van der Waals surface area contributed by atoms with E-state index in [0.29, 0.717) is 24.4 Å². The fourth-order valence-corrected chi connectivity index (χ4v) is 2.28. The van der Waals surface area contributed by atoms with Crippen molar-refractivity contribution >= 4 is 17.8 Å². The Morgan fingerprint density at radius 3 is 2.31 bits per heavy atom. The van der Waals surface area contributed by atoms with E-state index in [1.54, 1.807) is 24.3 Å². The number of carboxylic acid groups (broad SMARTS) is 1. The lowest BCUT2D eigenvalue weighted by molar-refractivity contribution is -0.168. The first-order valence-corrected chi connectivity index (χ1v) is 8.85. The Labute approximate surface area is 167 Å². The topological polar surface area (TPSA) is 134 Å². The van der Waals surface area contributed by atoms with Gasteiger partial charge in [0.15, 0.2) is 0 Å². The largest absolute Gasteiger partial charge is 0.508 e. The molecule has 154 valence electrons. The van der Waals surface area contributed by atoms with E-state index in [1.807, 2.05) is 6.07 Å². The van der Waals surface area contributed by atoms with Gasteiger partial charge in [-0.1, -0.05) is 18.2 Å². The van der Waals surface area contributed by atoms with Crippen LogP contribution in [0.15, 0.2) is 54.6 Å². The van der Waals surface area contributed by atoms with Crippen molar-refractivity contribution < 1.29 is 34.1 Å². The Morgan fingerprint density at radius 2 is 1.66 bits per heavy atom. The number of hydrogen-bond acceptors (Lipinski definition) is 7. The van der Waals surface area contributed by atoms with Gasteiger partial charge in [-0.05, 0) is 36.4 Å². The SMILES string of the molecule is O=C(O)C(=O)OC(CNCCNC(=O)c1ccc(O)cc1)COc1ccccc1. The second-order valence-corrected chi connectivity index (χ2v) is 5.96. The van der Waals surface area contributed by atoms with E-state index in [1.165, 1.54) is 24.3 Å². The summed E-state index contributed by atoms with van der Waals surface area (Å²) in [4.78, 5) is 34.0. The molecule has 0 aromatic heterocycles. The number of carboxylic acids is 1. The van der Waals surface area contributed by atoms with Gasteiger partial charge in [0.1, 0.15) is 24.2 Å². The second kappa shape index (κ2) is 11.3. The number of aromatic hydroxyl groups is 1. The first-order valence-electron chi connectivity index (χ1n) is 8.85. The monoisotopic (exact) mass is 402 g/mol. The molecular formula is C20H22N2O7. The number of hydrogen-bond donors (Lipinski definition) is 4. The molecule has 9 nitrogen and oxygen atoms in total. The number of rotatable bonds is 10. The van der Waals surface area contributed by atoms with E-state index < -0.39 is 18.0 Å². The molecule has 1 atom stereocenters. The fourth-order valence-electron chi connectivity index (χ4n) is 2.28. The predicted molar refractivity (Wildman–Crippen MR) is 103 cm³/mol. The molecule has 0 bridgehead atoms. The van der Waals surface area contributed by atoms with Gasteiger partial charge in [-0.15, -0.1) is 0 Å². The summed E-state index contributed by atoms with van der Waals surface area (Å²) in [6.07, 6.45) is -0.827. The average molecular weight is 402 g/mol. The maximum Gasteiger partial charge on any atom is 0.417 e. The Hall–Kier alpha value is -3.59. The summed E-state index contributed by atoms with van der Waals surface area (Å²) in [5.74, 6) is -2.72. The third-order valence-corrected chi connectivity index (χ3v) is 3.72. The van der Waals surface area contributed by atoms with Crippen LogP contribution < -0.4 is 15.4 Å². The van der Waals surface area contributed by atoms with Gasteiger partial charge in [0.25, 0.3) is 5.91 Å². The zero-order valence-electron chi connectivity index (χ0n) is 15.5. The Bertz CT molecular complexity index is 809. The third kappa shape index (κ3) is 7.89. The Morgan fingerprint density at radius 1 is 0.966 bits per heavy atom. The molecule has 2 aromatic rings. The van der Waals surface area contributed by atoms with Crippen LogP contribution in [0.5, 0.6) is 11.5 Å². The summed E-state index contributed by atoms with van der Waals surface area (Å²) in [7, 11) is 0. The van der Waals surface area contributed by atoms with Crippen LogP contribution in [-0.2, 0) is 14.3 Å². The third-order valence-electron chi connectivity index (χ3n) is 3.72. The summed E-state index contributed by atoms with van der Waals surface area (Å²) in [6, 6.07) is 14.7. The molecule has 2 rings (SSSR count). The number of aliphatic carboxylic acids is 1. The maximum atomic E-state index is 12.0. The van der Waals surface area contributed by atoms with Gasteiger partial charge in [0.05, 0.1) is 0 Å². The highest BCUT2D eigenvalue weighted by Crippen LogP contribution is 2.10. The number of ether oxygens (including phenoxy) is 2. The van der Waals surface area contributed by atoms with Crippen LogP contribution in [0.3, 0.4) is 0 Å². The predicted octanol–water partition coefficient (Wildman–Crippen LogP) is 0.787. The van der Waals surface area contributed by atoms with E-state index in [4.69, 9.17) is 14.6 Å². The number of para-hydroxylation sites is 1. The summed E-state index contributed by atoms with van der Waals surface area (Å²) in [5, 5.41) is 23.6. The van der Waals surface area contributed by atoms with Crippen molar-refractivity contribution in [2.45, 2.75) is 6.10 Å². The molecule has 1 unspecified atom stereocenters. The highest BCUT2D eigenvalue weighted by Gasteiger charge is 2.20. The van der Waals surface area contributed by atoms with Crippen molar-refractivity contribution in [3.63, 3.8) is 0 Å². The van der Waals surface area contributed by atoms with Gasteiger partial charge in [-0.2, -0.15) is 0 Å². The van der Waals surface area contributed by atoms with E-state index in [0.717, 1.165) is 0 Å². The van der Waals surface area contributed by atoms with Crippen LogP contribution in [0.4, 0.5) is 0 Å². The number of amides is 1. The van der Waals surface area contributed by atoms with E-state index >= 15 is 0 Å². The lowest BCUT2D eigenvalue weighted by Gasteiger charge is -2.18. The molecule has 0 heterocycles. The summed E-state index contributed by atoms with van der Waals surface area (Å²) in [6.45, 7) is 0.756. The molecule has 0 aliphatic heterocycles. The van der Waals surface area contributed by atoms with Crippen LogP contribution in [-0.4, -0.2) is 60.4 Å². The number of esters is 1. The van der Waals surface area contributed by atoms with Crippen molar-refractivity contribution in [2.75, 3.05) is 26.2 Å². The van der Waals surface area contributed by atoms with E-state index in [9.17, 15) is 19.5 Å². The van der Waals surface area contributed by atoms with Gasteiger partial charge in [-0.3, -0.25) is 4.79 Å². The first kappa shape index (κ1) is 21.7. The van der Waals surface area contributed by atoms with Crippen molar-refractivity contribution in [3.8, 4) is 11.5 Å². The lowest BCUT2D eigenvalue weighted by atomic mass is 10.2. The number of carbonyl (C=O) groups excluding carboxylic acids is 2. The van der Waals surface area contributed by atoms with Crippen LogP contribution in [0.1, 0.15) is 10.4 Å². The normalized spacial score (nSPS) is 11.3. The quantitative estimate of drug-likeness (QED) is 0.260. The molecular weight excluding hydrogens is 380 g/mol. The summed E-state index contributed by atoms with van der Waals surface area (Å²) < 4.78 is 10.4. The molecule has 9 heteroatoms. The minimum atomic E-state index is -1.68. The highest BCUT2D eigenvalue weighted by atomic mass is 16.6. The standard InChI is InChI=1S/C20H22N2O7/c23-15-8-6-14(7-9-15)18(24)22-11-10-21-12-17(29-20(27)19(25)26)13-28-16-4-2-1-3-5-16/h1-9,17,21,23H,10-13H2,(H,22,24)(H,25,26). The van der Waals surface area contributed by atoms with Gasteiger partial charge in [0.2, 0.25) is 0 Å². The van der Waals surface area contributed by atoms with E-state index in [2.05, 4.69) is 10.6 Å². The molecule has 1 amide bonds. The Kier molecular flexibility index (Phi) is 8.46. The van der Waals surface area contributed by atoms with Gasteiger partial charge in [-0.25, -0.2) is 9.59 Å². The molecule has 0 saturated carbocycles. The molecule has 0 spiro atoms. The number of benzene rings is 2. The summed E-state index contributed by atoms with van der Waals surface area (Å²) >= 11 is 0. The average Bonchev–Trinajstić information content (AvgIpc) is 2.72. The minimum Gasteiger partial charge on any atom is -0.508 e. The number of carbonyl (C=O) groups is 3. The van der Waals surface area contributed by atoms with Crippen molar-refractivity contribution in [1.29, 1.82) is 0 Å². The number of nitrogens with one attached hydrogen (secondary N) is 2. The fraction of sp³-hybridized carbons (Fsp3) is 0.250. The van der Waals surface area contributed by atoms with E-state index in [-0.39, 0.29) is 24.8 Å². The van der Waals surface area contributed by atoms with Crippen LogP contribution in [0, 0.1) is 0 Å². The zero-order chi connectivity index (χ0) is 21.1. The number of phenols is 1. The Balaban J connectivity index is 1.75. The molecule has 0 aliphatic carbocycles. The molecule has 29 heavy (non-hydrogen) atoms. The minimum absolute atomic E-state index is 0.0318. The second-order valence-electron chi connectivity index (χ2n) is 5.96. The number of phenolic OH excluding ortho intramolecular Hbond substituents is 1. The molecule has 2 aromatic carbocycles. The van der Waals surface area contributed by atoms with Crippen molar-refractivity contribution in [2.24, 2.45) is 0 Å². The molecule has 0 aliphatic rings. The smallest absolute Gasteiger partial charge is 0.417 e. The van der Waals surface area contributed by atoms with Crippen molar-refractivity contribution in [3.05, 3.63) is 60.2 Å². The van der Waals surface area contributed by atoms with Crippen LogP contribution >= 0.6 is 0 Å². The lowest BCUT2D eigenvalue weighted by Crippen LogP contribution is -2.40. The first-order chi connectivity index (χ1) is 14.0. The van der Waals surface area contributed by atoms with Crippen LogP contribution in [0.25, 0.3) is 0 Å². The molecule has 0 fully saturated rings. The summed E-state index contributed by atoms with van der Waals surface area (Å²) in [5.41, 5.74) is 0.410. The molecule has 4 N–H and O–H groups in total. The zero-order valence-corrected chi connectivity index (χ0v) is 15.5.